The number of rotatable bonds is 8. The van der Waals surface area contributed by atoms with E-state index in [1.54, 1.807) is 48.5 Å². The molecule has 0 aliphatic carbocycles. The highest BCUT2D eigenvalue weighted by atomic mass is 32.2. The van der Waals surface area contributed by atoms with Crippen LogP contribution in [0.4, 0.5) is 0 Å². The second-order valence-corrected chi connectivity index (χ2v) is 10.2. The highest BCUT2D eigenvalue weighted by Gasteiger charge is 2.14. The number of phenols is 1. The van der Waals surface area contributed by atoms with Gasteiger partial charge in [-0.3, -0.25) is 14.2 Å². The predicted molar refractivity (Wildman–Crippen MR) is 137 cm³/mol. The topological polar surface area (TPSA) is 157 Å². The minimum Gasteiger partial charge on any atom is -0.508 e. The van der Waals surface area contributed by atoms with Gasteiger partial charge in [-0.25, -0.2) is 24.0 Å². The quantitative estimate of drug-likeness (QED) is 0.138. The SMILES string of the molecule is NS(=O)(=O)c1ccc(Cn2c(SCC(=O)N/N=C/c3cccc(O)c3)nc3ccccc3c2=O)cc1. The second kappa shape index (κ2) is 10.7. The minimum atomic E-state index is -3.84. The molecule has 0 saturated carbocycles. The number of carbonyl (C=O) groups excluding carboxylic acids is 1. The Hall–Kier alpha value is -4.00. The number of carbonyl (C=O) groups is 1. The van der Waals surface area contributed by atoms with E-state index >= 15 is 0 Å². The van der Waals surface area contributed by atoms with E-state index in [4.69, 9.17) is 5.14 Å². The van der Waals surface area contributed by atoms with Crippen LogP contribution < -0.4 is 16.1 Å². The van der Waals surface area contributed by atoms with Crippen molar-refractivity contribution in [2.24, 2.45) is 10.2 Å². The number of hydrazone groups is 1. The number of fused-ring (bicyclic) bond motifs is 1. The molecular weight excluding hydrogens is 502 g/mol. The lowest BCUT2D eigenvalue weighted by Crippen LogP contribution is -2.25. The summed E-state index contributed by atoms with van der Waals surface area (Å²) in [6.45, 7) is 0.112. The summed E-state index contributed by atoms with van der Waals surface area (Å²) in [6.07, 6.45) is 1.40. The first kappa shape index (κ1) is 25.1. The maximum atomic E-state index is 13.2. The standard InChI is InChI=1S/C24H21N5O5S2/c25-36(33,34)19-10-8-16(9-11-19)14-29-23(32)20-6-1-2-7-21(20)27-24(29)35-15-22(31)28-26-13-17-4-3-5-18(30)12-17/h1-13,30H,14-15H2,(H,28,31)(H2,25,33,34)/b26-13+. The summed E-state index contributed by atoms with van der Waals surface area (Å²) < 4.78 is 24.5. The molecule has 3 aromatic carbocycles. The number of phenolic OH excluding ortho intramolecular Hbond substituents is 1. The molecule has 4 aromatic rings. The number of hydrogen-bond acceptors (Lipinski definition) is 8. The summed E-state index contributed by atoms with van der Waals surface area (Å²) in [6, 6.07) is 19.2. The van der Waals surface area contributed by atoms with Gasteiger partial charge in [0.1, 0.15) is 5.75 Å². The molecule has 1 aromatic heterocycles. The number of nitrogens with one attached hydrogen (secondary N) is 1. The van der Waals surface area contributed by atoms with Crippen LogP contribution in [0.1, 0.15) is 11.1 Å². The van der Waals surface area contributed by atoms with Gasteiger partial charge in [0.25, 0.3) is 11.5 Å². The zero-order valence-electron chi connectivity index (χ0n) is 18.7. The summed E-state index contributed by atoms with van der Waals surface area (Å²) in [5, 5.41) is 19.3. The van der Waals surface area contributed by atoms with Crippen molar-refractivity contribution < 1.29 is 18.3 Å². The zero-order chi connectivity index (χ0) is 25.7. The average Bonchev–Trinajstić information content (AvgIpc) is 2.84. The number of benzene rings is 3. The lowest BCUT2D eigenvalue weighted by atomic mass is 10.2. The van der Waals surface area contributed by atoms with Crippen molar-refractivity contribution >= 4 is 44.8 Å². The van der Waals surface area contributed by atoms with Crippen LogP contribution in [-0.2, 0) is 21.4 Å². The molecule has 4 N–H and O–H groups in total. The smallest absolute Gasteiger partial charge is 0.262 e. The first-order valence-electron chi connectivity index (χ1n) is 10.6. The lowest BCUT2D eigenvalue weighted by molar-refractivity contribution is -0.118. The Balaban J connectivity index is 1.54. The van der Waals surface area contributed by atoms with Crippen LogP contribution in [-0.4, -0.2) is 41.0 Å². The maximum absolute atomic E-state index is 13.2. The molecule has 1 amide bonds. The molecule has 184 valence electrons. The van der Waals surface area contributed by atoms with Crippen molar-refractivity contribution in [2.45, 2.75) is 16.6 Å². The molecule has 0 aliphatic heterocycles. The van der Waals surface area contributed by atoms with Gasteiger partial charge in [-0.05, 0) is 47.5 Å². The fourth-order valence-corrected chi connectivity index (χ4v) is 4.62. The van der Waals surface area contributed by atoms with E-state index < -0.39 is 15.9 Å². The van der Waals surface area contributed by atoms with E-state index in [1.807, 2.05) is 0 Å². The number of aromatic nitrogens is 2. The molecular formula is C24H21N5O5S2. The first-order chi connectivity index (χ1) is 17.2. The van der Waals surface area contributed by atoms with Crippen LogP contribution in [0, 0.1) is 0 Å². The van der Waals surface area contributed by atoms with Gasteiger partial charge in [0, 0.05) is 0 Å². The second-order valence-electron chi connectivity index (χ2n) is 7.67. The molecule has 0 radical (unpaired) electrons. The Bertz CT molecular complexity index is 1620. The Morgan fingerprint density at radius 3 is 2.58 bits per heavy atom. The fraction of sp³-hybridized carbons (Fsp3) is 0.0833. The number of nitrogens with zero attached hydrogens (tertiary/aromatic N) is 3. The number of sulfonamides is 1. The third kappa shape index (κ3) is 6.16. The Morgan fingerprint density at radius 1 is 1.11 bits per heavy atom. The van der Waals surface area contributed by atoms with Crippen LogP contribution >= 0.6 is 11.8 Å². The monoisotopic (exact) mass is 523 g/mol. The predicted octanol–water partition coefficient (Wildman–Crippen LogP) is 2.04. The van der Waals surface area contributed by atoms with Crippen molar-refractivity contribution in [2.75, 3.05) is 5.75 Å². The van der Waals surface area contributed by atoms with E-state index in [0.29, 0.717) is 27.2 Å². The molecule has 0 saturated heterocycles. The van der Waals surface area contributed by atoms with Crippen molar-refractivity contribution in [1.82, 2.24) is 15.0 Å². The molecule has 0 aliphatic rings. The van der Waals surface area contributed by atoms with E-state index in [2.05, 4.69) is 15.5 Å². The number of aromatic hydroxyl groups is 1. The maximum Gasteiger partial charge on any atom is 0.262 e. The third-order valence-electron chi connectivity index (χ3n) is 5.02. The van der Waals surface area contributed by atoms with Crippen molar-refractivity contribution in [3.05, 3.63) is 94.3 Å². The number of amides is 1. The molecule has 36 heavy (non-hydrogen) atoms. The van der Waals surface area contributed by atoms with Gasteiger partial charge < -0.3 is 5.11 Å². The van der Waals surface area contributed by atoms with E-state index in [1.165, 1.54) is 35.0 Å². The molecule has 1 heterocycles. The molecule has 0 atom stereocenters. The third-order valence-corrected chi connectivity index (χ3v) is 6.93. The normalized spacial score (nSPS) is 11.7. The molecule has 0 bridgehead atoms. The summed E-state index contributed by atoms with van der Waals surface area (Å²) >= 11 is 1.07. The van der Waals surface area contributed by atoms with Crippen LogP contribution in [0.5, 0.6) is 5.75 Å². The largest absolute Gasteiger partial charge is 0.508 e. The van der Waals surface area contributed by atoms with Gasteiger partial charge in [0.05, 0.1) is 34.3 Å². The van der Waals surface area contributed by atoms with Crippen molar-refractivity contribution in [1.29, 1.82) is 0 Å². The van der Waals surface area contributed by atoms with Crippen LogP contribution in [0.25, 0.3) is 10.9 Å². The molecule has 4 rings (SSSR count). The van der Waals surface area contributed by atoms with E-state index in [0.717, 1.165) is 11.8 Å². The summed E-state index contributed by atoms with van der Waals surface area (Å²) in [5.41, 5.74) is 3.88. The Labute approximate surface area is 210 Å². The molecule has 0 fully saturated rings. The van der Waals surface area contributed by atoms with Crippen LogP contribution in [0.3, 0.4) is 0 Å². The average molecular weight is 524 g/mol. The van der Waals surface area contributed by atoms with Crippen LogP contribution in [0.2, 0.25) is 0 Å². The van der Waals surface area contributed by atoms with Gasteiger partial charge in [0.2, 0.25) is 10.0 Å². The van der Waals surface area contributed by atoms with Gasteiger partial charge >= 0.3 is 0 Å². The number of thioether (sulfide) groups is 1. The molecule has 10 nitrogen and oxygen atoms in total. The van der Waals surface area contributed by atoms with Gasteiger partial charge in [-0.15, -0.1) is 0 Å². The summed E-state index contributed by atoms with van der Waals surface area (Å²) in [5.74, 6) is -0.393. The Morgan fingerprint density at radius 2 is 1.86 bits per heavy atom. The molecule has 12 heteroatoms. The van der Waals surface area contributed by atoms with Gasteiger partial charge in [0.15, 0.2) is 5.16 Å². The van der Waals surface area contributed by atoms with Crippen LogP contribution in [0.15, 0.2) is 92.7 Å². The Kier molecular flexibility index (Phi) is 7.48. The molecule has 0 spiro atoms. The van der Waals surface area contributed by atoms with Gasteiger partial charge in [-0.2, -0.15) is 5.10 Å². The van der Waals surface area contributed by atoms with Gasteiger partial charge in [-0.1, -0.05) is 48.2 Å². The zero-order valence-corrected chi connectivity index (χ0v) is 20.4. The number of nitrogens with two attached hydrogens (primary N) is 1. The van der Waals surface area contributed by atoms with Crippen molar-refractivity contribution in [3.8, 4) is 5.75 Å². The highest BCUT2D eigenvalue weighted by molar-refractivity contribution is 7.99. The number of hydrogen-bond donors (Lipinski definition) is 3. The molecule has 0 unspecified atom stereocenters. The number of primary sulfonamides is 1. The lowest BCUT2D eigenvalue weighted by Gasteiger charge is -2.13. The van der Waals surface area contributed by atoms with Crippen molar-refractivity contribution in [3.63, 3.8) is 0 Å². The fourth-order valence-electron chi connectivity index (χ4n) is 3.31. The number of para-hydroxylation sites is 1. The highest BCUT2D eigenvalue weighted by Crippen LogP contribution is 2.19. The first-order valence-corrected chi connectivity index (χ1v) is 13.1. The summed E-state index contributed by atoms with van der Waals surface area (Å²) in [7, 11) is -3.84. The summed E-state index contributed by atoms with van der Waals surface area (Å²) in [4.78, 5) is 30.1. The minimum absolute atomic E-state index is 0.0345. The van der Waals surface area contributed by atoms with E-state index in [-0.39, 0.29) is 28.5 Å². The van der Waals surface area contributed by atoms with E-state index in [9.17, 15) is 23.1 Å².